The molecule has 0 unspecified atom stereocenters. The van der Waals surface area contributed by atoms with E-state index in [-0.39, 0.29) is 18.3 Å². The summed E-state index contributed by atoms with van der Waals surface area (Å²) in [6.45, 7) is 3.49. The molecular weight excluding hydrogens is 257 g/mol. The van der Waals surface area contributed by atoms with E-state index in [1.54, 1.807) is 25.1 Å². The van der Waals surface area contributed by atoms with Crippen molar-refractivity contribution in [1.29, 1.82) is 0 Å². The summed E-state index contributed by atoms with van der Waals surface area (Å²) < 4.78 is 14.2. The lowest BCUT2D eigenvalue weighted by Crippen LogP contribution is -2.37. The summed E-state index contributed by atoms with van der Waals surface area (Å²) >= 11 is 0. The molecule has 0 aromatic heterocycles. The van der Waals surface area contributed by atoms with Gasteiger partial charge in [-0.3, -0.25) is 4.79 Å². The van der Waals surface area contributed by atoms with E-state index >= 15 is 0 Å². The van der Waals surface area contributed by atoms with Crippen LogP contribution < -0.4 is 10.2 Å². The number of nitrogens with one attached hydrogen (secondary N) is 1. The van der Waals surface area contributed by atoms with Crippen LogP contribution in [0.4, 0.5) is 10.1 Å². The number of hydrogen-bond acceptors (Lipinski definition) is 3. The first kappa shape index (κ1) is 16.4. The Kier molecular flexibility index (Phi) is 6.45. The standard InChI is InChI=1S/C15H24FN3O/c1-5-8-19(11-15(20)18(3)4)14-7-6-12(10-17-2)9-13(14)16/h6-7,9,17H,5,8,10-11H2,1-4H3. The van der Waals surface area contributed by atoms with E-state index in [2.05, 4.69) is 5.32 Å². The summed E-state index contributed by atoms with van der Waals surface area (Å²) in [5, 5.41) is 2.99. The number of rotatable bonds is 7. The summed E-state index contributed by atoms with van der Waals surface area (Å²) in [6, 6.07) is 5.16. The van der Waals surface area contributed by atoms with Crippen molar-refractivity contribution in [2.24, 2.45) is 0 Å². The lowest BCUT2D eigenvalue weighted by atomic mass is 10.1. The predicted octanol–water partition coefficient (Wildman–Crippen LogP) is 1.85. The molecule has 4 nitrogen and oxygen atoms in total. The SMILES string of the molecule is CCCN(CC(=O)N(C)C)c1ccc(CNC)cc1F. The number of anilines is 1. The normalized spacial score (nSPS) is 10.4. The molecule has 112 valence electrons. The summed E-state index contributed by atoms with van der Waals surface area (Å²) in [7, 11) is 5.24. The van der Waals surface area contributed by atoms with Crippen LogP contribution in [0.5, 0.6) is 0 Å². The van der Waals surface area contributed by atoms with Gasteiger partial charge in [0, 0.05) is 27.2 Å². The maximum absolute atomic E-state index is 14.2. The molecule has 0 aliphatic carbocycles. The second-order valence-corrected chi connectivity index (χ2v) is 5.03. The molecule has 0 bridgehead atoms. The molecule has 1 aromatic carbocycles. The van der Waals surface area contributed by atoms with Crippen LogP contribution in [0.1, 0.15) is 18.9 Å². The summed E-state index contributed by atoms with van der Waals surface area (Å²) in [5.41, 5.74) is 1.38. The fourth-order valence-corrected chi connectivity index (χ4v) is 1.98. The molecule has 0 saturated heterocycles. The topological polar surface area (TPSA) is 35.6 Å². The molecule has 1 N–H and O–H groups in total. The van der Waals surface area contributed by atoms with Crippen molar-refractivity contribution in [1.82, 2.24) is 10.2 Å². The molecule has 0 fully saturated rings. The van der Waals surface area contributed by atoms with E-state index in [1.165, 1.54) is 11.0 Å². The van der Waals surface area contributed by atoms with Crippen molar-refractivity contribution in [3.05, 3.63) is 29.6 Å². The Morgan fingerprint density at radius 3 is 2.55 bits per heavy atom. The van der Waals surface area contributed by atoms with Gasteiger partial charge in [-0.05, 0) is 31.2 Å². The highest BCUT2D eigenvalue weighted by atomic mass is 19.1. The van der Waals surface area contributed by atoms with E-state index in [0.717, 1.165) is 12.0 Å². The summed E-state index contributed by atoms with van der Waals surface area (Å²) in [6.07, 6.45) is 0.860. The molecule has 1 amide bonds. The van der Waals surface area contributed by atoms with Crippen LogP contribution in [-0.2, 0) is 11.3 Å². The Hall–Kier alpha value is -1.62. The van der Waals surface area contributed by atoms with Crippen molar-refractivity contribution < 1.29 is 9.18 Å². The Bertz CT molecular complexity index is 449. The van der Waals surface area contributed by atoms with Gasteiger partial charge in [-0.2, -0.15) is 0 Å². The maximum atomic E-state index is 14.2. The fourth-order valence-electron chi connectivity index (χ4n) is 1.98. The van der Waals surface area contributed by atoms with Crippen LogP contribution in [0.25, 0.3) is 0 Å². The van der Waals surface area contributed by atoms with Crippen LogP contribution in [0.3, 0.4) is 0 Å². The minimum atomic E-state index is -0.280. The monoisotopic (exact) mass is 281 g/mol. The summed E-state index contributed by atoms with van der Waals surface area (Å²) in [5.74, 6) is -0.310. The van der Waals surface area contributed by atoms with Gasteiger partial charge in [0.05, 0.1) is 12.2 Å². The predicted molar refractivity (Wildman–Crippen MR) is 80.4 cm³/mol. The lowest BCUT2D eigenvalue weighted by molar-refractivity contribution is -0.127. The van der Waals surface area contributed by atoms with Crippen molar-refractivity contribution in [2.75, 3.05) is 39.1 Å². The number of halogens is 1. The molecular formula is C15H24FN3O. The van der Waals surface area contributed by atoms with Gasteiger partial charge < -0.3 is 15.1 Å². The minimum absolute atomic E-state index is 0.0304. The minimum Gasteiger partial charge on any atom is -0.360 e. The van der Waals surface area contributed by atoms with Crippen molar-refractivity contribution in [3.8, 4) is 0 Å². The third kappa shape index (κ3) is 4.49. The zero-order valence-electron chi connectivity index (χ0n) is 12.7. The third-order valence-corrected chi connectivity index (χ3v) is 3.05. The van der Waals surface area contributed by atoms with E-state index < -0.39 is 0 Å². The molecule has 0 heterocycles. The molecule has 0 atom stereocenters. The van der Waals surface area contributed by atoms with Gasteiger partial charge in [0.2, 0.25) is 5.91 Å². The molecule has 0 saturated carbocycles. The van der Waals surface area contributed by atoms with Crippen molar-refractivity contribution >= 4 is 11.6 Å². The molecule has 0 spiro atoms. The number of carbonyl (C=O) groups is 1. The maximum Gasteiger partial charge on any atom is 0.241 e. The Labute approximate surface area is 120 Å². The number of nitrogens with zero attached hydrogens (tertiary/aromatic N) is 2. The molecule has 1 rings (SSSR count). The lowest BCUT2D eigenvalue weighted by Gasteiger charge is -2.26. The van der Waals surface area contributed by atoms with Gasteiger partial charge in [-0.15, -0.1) is 0 Å². The first-order valence-corrected chi connectivity index (χ1v) is 6.87. The fraction of sp³-hybridized carbons (Fsp3) is 0.533. The van der Waals surface area contributed by atoms with Crippen LogP contribution in [0, 0.1) is 5.82 Å². The second kappa shape index (κ2) is 7.85. The van der Waals surface area contributed by atoms with Gasteiger partial charge in [0.15, 0.2) is 0 Å². The quantitative estimate of drug-likeness (QED) is 0.828. The van der Waals surface area contributed by atoms with Crippen molar-refractivity contribution in [2.45, 2.75) is 19.9 Å². The smallest absolute Gasteiger partial charge is 0.241 e. The number of likely N-dealkylation sites (N-methyl/N-ethyl adjacent to an activating group) is 1. The molecule has 0 aliphatic heterocycles. The van der Waals surface area contributed by atoms with Gasteiger partial charge in [0.1, 0.15) is 5.82 Å². The average Bonchev–Trinajstić information content (AvgIpc) is 2.38. The molecule has 20 heavy (non-hydrogen) atoms. The number of amides is 1. The number of carbonyl (C=O) groups excluding carboxylic acids is 1. The van der Waals surface area contributed by atoms with E-state index in [4.69, 9.17) is 0 Å². The first-order chi connectivity index (χ1) is 9.49. The molecule has 1 aromatic rings. The van der Waals surface area contributed by atoms with Gasteiger partial charge in [0.25, 0.3) is 0 Å². The Balaban J connectivity index is 2.93. The van der Waals surface area contributed by atoms with Crippen LogP contribution in [-0.4, -0.2) is 45.0 Å². The van der Waals surface area contributed by atoms with Crippen LogP contribution in [0.15, 0.2) is 18.2 Å². The van der Waals surface area contributed by atoms with Gasteiger partial charge in [-0.1, -0.05) is 13.0 Å². The summed E-state index contributed by atoms with van der Waals surface area (Å²) in [4.78, 5) is 15.2. The highest BCUT2D eigenvalue weighted by Gasteiger charge is 2.16. The number of hydrogen-bond donors (Lipinski definition) is 1. The van der Waals surface area contributed by atoms with E-state index in [9.17, 15) is 9.18 Å². The molecule has 0 radical (unpaired) electrons. The van der Waals surface area contributed by atoms with Gasteiger partial charge in [-0.25, -0.2) is 4.39 Å². The van der Waals surface area contributed by atoms with Gasteiger partial charge >= 0.3 is 0 Å². The average molecular weight is 281 g/mol. The van der Waals surface area contributed by atoms with Crippen molar-refractivity contribution in [3.63, 3.8) is 0 Å². The highest BCUT2D eigenvalue weighted by molar-refractivity contribution is 5.81. The van der Waals surface area contributed by atoms with E-state index in [0.29, 0.717) is 18.8 Å². The van der Waals surface area contributed by atoms with Crippen LogP contribution in [0.2, 0.25) is 0 Å². The zero-order valence-corrected chi connectivity index (χ0v) is 12.7. The Morgan fingerprint density at radius 2 is 2.05 bits per heavy atom. The first-order valence-electron chi connectivity index (χ1n) is 6.87. The Morgan fingerprint density at radius 1 is 1.35 bits per heavy atom. The number of benzene rings is 1. The molecule has 0 aliphatic rings. The van der Waals surface area contributed by atoms with E-state index in [1.807, 2.05) is 20.0 Å². The highest BCUT2D eigenvalue weighted by Crippen LogP contribution is 2.21. The zero-order chi connectivity index (χ0) is 15.1. The second-order valence-electron chi connectivity index (χ2n) is 5.03. The van der Waals surface area contributed by atoms with Crippen LogP contribution >= 0.6 is 0 Å². The molecule has 5 heteroatoms. The largest absolute Gasteiger partial charge is 0.360 e. The third-order valence-electron chi connectivity index (χ3n) is 3.05.